The summed E-state index contributed by atoms with van der Waals surface area (Å²) in [6, 6.07) is 22.6. The molecule has 0 aliphatic heterocycles. The topological polar surface area (TPSA) is 42.2 Å². The van der Waals surface area contributed by atoms with Crippen LogP contribution >= 0.6 is 0 Å². The lowest BCUT2D eigenvalue weighted by Crippen LogP contribution is -2.06. The van der Waals surface area contributed by atoms with Crippen LogP contribution in [0.3, 0.4) is 0 Å². The van der Waals surface area contributed by atoms with E-state index in [1.165, 1.54) is 5.56 Å². The minimum Gasteiger partial charge on any atom is -0.366 e. The van der Waals surface area contributed by atoms with Gasteiger partial charge in [-0.3, -0.25) is 0 Å². The summed E-state index contributed by atoms with van der Waals surface area (Å²) < 4.78 is 1.91. The first kappa shape index (κ1) is 15.4. The van der Waals surface area contributed by atoms with Crippen LogP contribution in [0.4, 0.5) is 5.82 Å². The van der Waals surface area contributed by atoms with Crippen molar-refractivity contribution < 1.29 is 0 Å². The highest BCUT2D eigenvalue weighted by Gasteiger charge is 2.14. The van der Waals surface area contributed by atoms with Crippen LogP contribution in [0.25, 0.3) is 16.9 Å². The molecule has 4 rings (SSSR count). The SMILES string of the molecule is Cc1cc(NCc2ccccc2)n2nc(-c3ccccc3)c(C)c2n1. The summed E-state index contributed by atoms with van der Waals surface area (Å²) in [6.07, 6.45) is 0. The molecule has 0 aliphatic carbocycles. The monoisotopic (exact) mass is 328 g/mol. The Bertz CT molecular complexity index is 1000. The molecule has 0 fully saturated rings. The molecule has 124 valence electrons. The zero-order valence-corrected chi connectivity index (χ0v) is 14.4. The molecule has 4 nitrogen and oxygen atoms in total. The van der Waals surface area contributed by atoms with Crippen molar-refractivity contribution in [1.29, 1.82) is 0 Å². The highest BCUT2D eigenvalue weighted by molar-refractivity contribution is 5.71. The zero-order valence-electron chi connectivity index (χ0n) is 14.4. The van der Waals surface area contributed by atoms with Gasteiger partial charge in [0, 0.05) is 29.4 Å². The van der Waals surface area contributed by atoms with Crippen LogP contribution in [0, 0.1) is 13.8 Å². The molecule has 2 aromatic carbocycles. The van der Waals surface area contributed by atoms with E-state index < -0.39 is 0 Å². The molecule has 0 bridgehead atoms. The van der Waals surface area contributed by atoms with Gasteiger partial charge in [0.1, 0.15) is 5.82 Å². The van der Waals surface area contributed by atoms with E-state index in [1.54, 1.807) is 0 Å². The second kappa shape index (κ2) is 6.40. The Labute approximate surface area is 147 Å². The summed E-state index contributed by atoms with van der Waals surface area (Å²) in [5.74, 6) is 0.955. The number of aromatic nitrogens is 3. The van der Waals surface area contributed by atoms with Crippen molar-refractivity contribution in [3.8, 4) is 11.3 Å². The van der Waals surface area contributed by atoms with Crippen LogP contribution in [0.1, 0.15) is 16.8 Å². The number of nitrogens with zero attached hydrogens (tertiary/aromatic N) is 3. The molecule has 25 heavy (non-hydrogen) atoms. The summed E-state index contributed by atoms with van der Waals surface area (Å²) in [5.41, 5.74) is 6.29. The molecule has 4 aromatic rings. The van der Waals surface area contributed by atoms with E-state index in [2.05, 4.69) is 48.6 Å². The van der Waals surface area contributed by atoms with Crippen molar-refractivity contribution in [2.75, 3.05) is 5.32 Å². The fourth-order valence-electron chi connectivity index (χ4n) is 3.03. The average molecular weight is 328 g/mol. The van der Waals surface area contributed by atoms with Gasteiger partial charge in [0.15, 0.2) is 5.65 Å². The summed E-state index contributed by atoms with van der Waals surface area (Å²) in [6.45, 7) is 4.85. The fourth-order valence-corrected chi connectivity index (χ4v) is 3.03. The number of anilines is 1. The molecular weight excluding hydrogens is 308 g/mol. The van der Waals surface area contributed by atoms with Gasteiger partial charge >= 0.3 is 0 Å². The Kier molecular flexibility index (Phi) is 3.94. The number of rotatable bonds is 4. The molecule has 2 heterocycles. The van der Waals surface area contributed by atoms with E-state index in [0.29, 0.717) is 0 Å². The quantitative estimate of drug-likeness (QED) is 0.594. The van der Waals surface area contributed by atoms with Gasteiger partial charge in [-0.15, -0.1) is 0 Å². The Morgan fingerprint density at radius 1 is 0.920 bits per heavy atom. The number of hydrogen-bond donors (Lipinski definition) is 1. The largest absolute Gasteiger partial charge is 0.366 e. The molecule has 4 heteroatoms. The molecule has 0 unspecified atom stereocenters. The maximum atomic E-state index is 4.83. The van der Waals surface area contributed by atoms with E-state index in [4.69, 9.17) is 10.1 Å². The lowest BCUT2D eigenvalue weighted by Gasteiger charge is -2.09. The summed E-state index contributed by atoms with van der Waals surface area (Å²) >= 11 is 0. The van der Waals surface area contributed by atoms with Gasteiger partial charge < -0.3 is 5.32 Å². The Hall–Kier alpha value is -3.14. The lowest BCUT2D eigenvalue weighted by atomic mass is 10.1. The van der Waals surface area contributed by atoms with Gasteiger partial charge in [-0.05, 0) is 19.4 Å². The average Bonchev–Trinajstić information content (AvgIpc) is 2.98. The summed E-state index contributed by atoms with van der Waals surface area (Å²) in [5, 5.41) is 8.32. The molecule has 0 saturated carbocycles. The van der Waals surface area contributed by atoms with Crippen molar-refractivity contribution in [2.24, 2.45) is 0 Å². The second-order valence-corrected chi connectivity index (χ2v) is 6.20. The third kappa shape index (κ3) is 2.98. The van der Waals surface area contributed by atoms with Gasteiger partial charge in [-0.25, -0.2) is 4.98 Å². The number of hydrogen-bond acceptors (Lipinski definition) is 3. The van der Waals surface area contributed by atoms with Gasteiger partial charge in [0.05, 0.1) is 5.69 Å². The molecule has 0 atom stereocenters. The van der Waals surface area contributed by atoms with E-state index >= 15 is 0 Å². The molecule has 0 saturated heterocycles. The maximum Gasteiger partial charge on any atom is 0.161 e. The highest BCUT2D eigenvalue weighted by atomic mass is 15.3. The van der Waals surface area contributed by atoms with Crippen molar-refractivity contribution >= 4 is 11.5 Å². The number of aryl methyl sites for hydroxylation is 2. The van der Waals surface area contributed by atoms with Gasteiger partial charge in [0.25, 0.3) is 0 Å². The molecule has 0 aliphatic rings. The van der Waals surface area contributed by atoms with Gasteiger partial charge in [0.2, 0.25) is 0 Å². The van der Waals surface area contributed by atoms with Crippen molar-refractivity contribution in [1.82, 2.24) is 14.6 Å². The number of fused-ring (bicyclic) bond motifs is 1. The van der Waals surface area contributed by atoms with Crippen LogP contribution in [0.15, 0.2) is 66.7 Å². The molecule has 1 N–H and O–H groups in total. The smallest absolute Gasteiger partial charge is 0.161 e. The first-order chi connectivity index (χ1) is 12.2. The Balaban J connectivity index is 1.77. The van der Waals surface area contributed by atoms with Gasteiger partial charge in [-0.1, -0.05) is 60.7 Å². The Morgan fingerprint density at radius 2 is 1.60 bits per heavy atom. The molecule has 0 amide bonds. The molecule has 0 radical (unpaired) electrons. The third-order valence-electron chi connectivity index (χ3n) is 4.31. The van der Waals surface area contributed by atoms with Crippen molar-refractivity contribution in [2.45, 2.75) is 20.4 Å². The fraction of sp³-hybridized carbons (Fsp3) is 0.143. The summed E-state index contributed by atoms with van der Waals surface area (Å²) in [4.78, 5) is 4.70. The van der Waals surface area contributed by atoms with E-state index in [-0.39, 0.29) is 0 Å². The lowest BCUT2D eigenvalue weighted by molar-refractivity contribution is 0.920. The molecule has 2 aromatic heterocycles. The normalized spacial score (nSPS) is 11.0. The van der Waals surface area contributed by atoms with Crippen molar-refractivity contribution in [3.63, 3.8) is 0 Å². The number of nitrogens with one attached hydrogen (secondary N) is 1. The predicted molar refractivity (Wildman–Crippen MR) is 102 cm³/mol. The maximum absolute atomic E-state index is 4.83. The first-order valence-corrected chi connectivity index (χ1v) is 8.42. The highest BCUT2D eigenvalue weighted by Crippen LogP contribution is 2.26. The van der Waals surface area contributed by atoms with E-state index in [9.17, 15) is 0 Å². The van der Waals surface area contributed by atoms with E-state index in [1.807, 2.05) is 41.8 Å². The minimum absolute atomic E-state index is 0.749. The van der Waals surface area contributed by atoms with Crippen LogP contribution in [-0.2, 0) is 6.54 Å². The van der Waals surface area contributed by atoms with Crippen molar-refractivity contribution in [3.05, 3.63) is 83.6 Å². The molecule has 0 spiro atoms. The summed E-state index contributed by atoms with van der Waals surface area (Å²) in [7, 11) is 0. The first-order valence-electron chi connectivity index (χ1n) is 8.42. The second-order valence-electron chi connectivity index (χ2n) is 6.20. The van der Waals surface area contributed by atoms with Crippen LogP contribution in [0.5, 0.6) is 0 Å². The van der Waals surface area contributed by atoms with Crippen LogP contribution in [0.2, 0.25) is 0 Å². The minimum atomic E-state index is 0.749. The standard InChI is InChI=1S/C21H20N4/c1-15-13-19(22-14-17-9-5-3-6-10-17)25-21(23-15)16(2)20(24-25)18-11-7-4-8-12-18/h3-13,22H,14H2,1-2H3. The molecular formula is C21H20N4. The Morgan fingerprint density at radius 3 is 2.32 bits per heavy atom. The zero-order chi connectivity index (χ0) is 17.2. The van der Waals surface area contributed by atoms with E-state index in [0.717, 1.165) is 40.5 Å². The number of benzene rings is 2. The third-order valence-corrected chi connectivity index (χ3v) is 4.31. The van der Waals surface area contributed by atoms with Gasteiger partial charge in [-0.2, -0.15) is 9.61 Å². The van der Waals surface area contributed by atoms with Crippen LogP contribution in [-0.4, -0.2) is 14.6 Å². The van der Waals surface area contributed by atoms with Crippen LogP contribution < -0.4 is 5.32 Å². The predicted octanol–water partition coefficient (Wildman–Crippen LogP) is 4.63.